The van der Waals surface area contributed by atoms with Gasteiger partial charge in [0.15, 0.2) is 0 Å². The minimum atomic E-state index is -1.13. The largest absolute Gasteiger partial charge is 0.507 e. The molecule has 4 rings (SSSR count). The highest BCUT2D eigenvalue weighted by molar-refractivity contribution is 6.30. The third-order valence-electron chi connectivity index (χ3n) is 5.84. The SMILES string of the molecule is C[C@@H](C(=O)O)[C@H](C)n1c(=O)[nH]/c(=N\c2ccc3c(O)ccnc3c2)n(Cc2ccc(Cl)cc2)c1=O. The van der Waals surface area contributed by atoms with Gasteiger partial charge in [-0.3, -0.25) is 19.3 Å². The Bertz CT molecular complexity index is 1600. The highest BCUT2D eigenvalue weighted by Crippen LogP contribution is 2.25. The van der Waals surface area contributed by atoms with Crippen molar-refractivity contribution in [2.24, 2.45) is 10.9 Å². The highest BCUT2D eigenvalue weighted by Gasteiger charge is 2.25. The number of aromatic hydroxyl groups is 1. The average Bonchev–Trinajstić information content (AvgIpc) is 2.82. The van der Waals surface area contributed by atoms with E-state index in [1.165, 1.54) is 30.7 Å². The van der Waals surface area contributed by atoms with Gasteiger partial charge in [0, 0.05) is 16.6 Å². The molecule has 0 amide bonds. The minimum Gasteiger partial charge on any atom is -0.507 e. The number of hydrogen-bond acceptors (Lipinski definition) is 6. The van der Waals surface area contributed by atoms with Crippen LogP contribution in [0.3, 0.4) is 0 Å². The molecule has 2 heterocycles. The normalized spacial score (nSPS) is 13.6. The van der Waals surface area contributed by atoms with Crippen molar-refractivity contribution in [3.8, 4) is 5.75 Å². The van der Waals surface area contributed by atoms with Gasteiger partial charge in [0.2, 0.25) is 5.62 Å². The van der Waals surface area contributed by atoms with Gasteiger partial charge in [-0.05, 0) is 55.8 Å². The summed E-state index contributed by atoms with van der Waals surface area (Å²) in [5.74, 6) is -2.05. The smallest absolute Gasteiger partial charge is 0.335 e. The number of aliphatic carboxylic acids is 1. The van der Waals surface area contributed by atoms with Crippen LogP contribution in [0.25, 0.3) is 10.9 Å². The van der Waals surface area contributed by atoms with Gasteiger partial charge in [0.25, 0.3) is 0 Å². The second-order valence-corrected chi connectivity index (χ2v) is 8.57. The number of nitrogens with zero attached hydrogens (tertiary/aromatic N) is 4. The van der Waals surface area contributed by atoms with E-state index in [-0.39, 0.29) is 17.9 Å². The molecule has 0 aliphatic rings. The molecule has 2 atom stereocenters. The van der Waals surface area contributed by atoms with Crippen molar-refractivity contribution in [1.82, 2.24) is 19.1 Å². The van der Waals surface area contributed by atoms with Gasteiger partial charge in [0.05, 0.1) is 29.7 Å². The lowest BCUT2D eigenvalue weighted by molar-refractivity contribution is -0.142. The van der Waals surface area contributed by atoms with Gasteiger partial charge in [0.1, 0.15) is 5.75 Å². The molecule has 0 aliphatic heterocycles. The third-order valence-corrected chi connectivity index (χ3v) is 6.09. The fraction of sp³-hybridized carbons (Fsp3) is 0.208. The van der Waals surface area contributed by atoms with Crippen LogP contribution >= 0.6 is 11.6 Å². The molecule has 0 saturated heterocycles. The molecule has 0 aliphatic carbocycles. The number of hydrogen-bond donors (Lipinski definition) is 3. The summed E-state index contributed by atoms with van der Waals surface area (Å²) in [6.45, 7) is 2.98. The van der Waals surface area contributed by atoms with Crippen LogP contribution in [0.5, 0.6) is 5.75 Å². The molecule has 0 saturated carbocycles. The maximum absolute atomic E-state index is 13.5. The minimum absolute atomic E-state index is 0.0270. The first-order chi connectivity index (χ1) is 16.7. The van der Waals surface area contributed by atoms with E-state index in [4.69, 9.17) is 11.6 Å². The molecule has 3 N–H and O–H groups in total. The van der Waals surface area contributed by atoms with Crippen molar-refractivity contribution < 1.29 is 15.0 Å². The van der Waals surface area contributed by atoms with Crippen LogP contribution in [-0.2, 0) is 11.3 Å². The number of benzene rings is 2. The number of pyridine rings is 1. The molecule has 0 unspecified atom stereocenters. The quantitative estimate of drug-likeness (QED) is 0.375. The second-order valence-electron chi connectivity index (χ2n) is 8.13. The van der Waals surface area contributed by atoms with Gasteiger partial charge >= 0.3 is 17.3 Å². The molecular weight excluding hydrogens is 474 g/mol. The molecule has 35 heavy (non-hydrogen) atoms. The lowest BCUT2D eigenvalue weighted by Gasteiger charge is -2.19. The number of carboxylic acid groups (broad SMARTS) is 1. The first kappa shape index (κ1) is 24.0. The Morgan fingerprint density at radius 1 is 1.14 bits per heavy atom. The predicted octanol–water partition coefficient (Wildman–Crippen LogP) is 2.81. The zero-order chi connectivity index (χ0) is 25.3. The van der Waals surface area contributed by atoms with Gasteiger partial charge in [-0.1, -0.05) is 23.7 Å². The van der Waals surface area contributed by atoms with E-state index < -0.39 is 29.3 Å². The molecule has 0 spiro atoms. The second kappa shape index (κ2) is 9.59. The Kier molecular flexibility index (Phi) is 6.57. The van der Waals surface area contributed by atoms with E-state index in [1.54, 1.807) is 42.5 Å². The predicted molar refractivity (Wildman–Crippen MR) is 130 cm³/mol. The summed E-state index contributed by atoms with van der Waals surface area (Å²) in [7, 11) is 0. The van der Waals surface area contributed by atoms with Crippen molar-refractivity contribution in [1.29, 1.82) is 0 Å². The number of aromatic nitrogens is 4. The summed E-state index contributed by atoms with van der Waals surface area (Å²) in [5.41, 5.74) is 0.0737. The van der Waals surface area contributed by atoms with Crippen LogP contribution in [0, 0.1) is 5.92 Å². The first-order valence-electron chi connectivity index (χ1n) is 10.7. The van der Waals surface area contributed by atoms with Crippen LogP contribution in [0.1, 0.15) is 25.5 Å². The van der Waals surface area contributed by atoms with Crippen LogP contribution in [-0.4, -0.2) is 35.3 Å². The number of rotatable bonds is 6. The maximum Gasteiger partial charge on any atom is 0.335 e. The lowest BCUT2D eigenvalue weighted by Crippen LogP contribution is -2.52. The number of halogens is 1. The van der Waals surface area contributed by atoms with Crippen molar-refractivity contribution in [3.63, 3.8) is 0 Å². The number of fused-ring (bicyclic) bond motifs is 1. The number of nitrogens with one attached hydrogen (secondary N) is 1. The van der Waals surface area contributed by atoms with E-state index in [0.29, 0.717) is 21.6 Å². The third kappa shape index (κ3) is 4.87. The first-order valence-corrected chi connectivity index (χ1v) is 11.1. The standard InChI is InChI=1S/C24H22ClN5O5/c1-13(21(32)33)14(2)30-23(34)28-22(29(24(30)35)12-15-3-5-16(25)6-4-15)27-17-7-8-18-19(11-17)26-10-9-20(18)31/h3-11,13-14H,12H2,1-2H3,(H,26,31)(H,32,33)(H,27,28,34)/t13-,14+/m1/s1. The summed E-state index contributed by atoms with van der Waals surface area (Å²) in [6.07, 6.45) is 1.45. The van der Waals surface area contributed by atoms with Crippen LogP contribution in [0.2, 0.25) is 5.02 Å². The van der Waals surface area contributed by atoms with Crippen molar-refractivity contribution in [2.75, 3.05) is 0 Å². The van der Waals surface area contributed by atoms with Gasteiger partial charge in [-0.15, -0.1) is 0 Å². The molecule has 11 heteroatoms. The van der Waals surface area contributed by atoms with Crippen molar-refractivity contribution in [2.45, 2.75) is 26.4 Å². The summed E-state index contributed by atoms with van der Waals surface area (Å²) >= 11 is 5.98. The Balaban J connectivity index is 1.93. The molecule has 2 aromatic carbocycles. The van der Waals surface area contributed by atoms with Crippen LogP contribution in [0.4, 0.5) is 5.69 Å². The molecule has 0 radical (unpaired) electrons. The summed E-state index contributed by atoms with van der Waals surface area (Å²) in [6, 6.07) is 12.2. The van der Waals surface area contributed by atoms with E-state index in [9.17, 15) is 24.6 Å². The molecular formula is C24H22ClN5O5. The fourth-order valence-electron chi connectivity index (χ4n) is 3.64. The molecule has 10 nitrogen and oxygen atoms in total. The topological polar surface area (TPSA) is 143 Å². The van der Waals surface area contributed by atoms with Gasteiger partial charge in [-0.25, -0.2) is 19.1 Å². The van der Waals surface area contributed by atoms with E-state index in [0.717, 1.165) is 10.1 Å². The summed E-state index contributed by atoms with van der Waals surface area (Å²) < 4.78 is 2.14. The number of H-pyrrole nitrogens is 1. The summed E-state index contributed by atoms with van der Waals surface area (Å²) in [4.78, 5) is 49.2. The maximum atomic E-state index is 13.5. The van der Waals surface area contributed by atoms with Crippen molar-refractivity contribution >= 4 is 34.2 Å². The van der Waals surface area contributed by atoms with E-state index in [2.05, 4.69) is 15.0 Å². The van der Waals surface area contributed by atoms with E-state index in [1.807, 2.05) is 0 Å². The van der Waals surface area contributed by atoms with Crippen LogP contribution < -0.4 is 17.0 Å². The van der Waals surface area contributed by atoms with Gasteiger partial charge in [-0.2, -0.15) is 0 Å². The average molecular weight is 496 g/mol. The molecule has 180 valence electrons. The highest BCUT2D eigenvalue weighted by atomic mass is 35.5. The Labute approximate surface area is 203 Å². The Morgan fingerprint density at radius 3 is 2.54 bits per heavy atom. The number of aromatic amines is 1. The molecule has 0 bridgehead atoms. The molecule has 0 fully saturated rings. The monoisotopic (exact) mass is 495 g/mol. The summed E-state index contributed by atoms with van der Waals surface area (Å²) in [5, 5.41) is 20.4. The molecule has 2 aromatic heterocycles. The van der Waals surface area contributed by atoms with Gasteiger partial charge < -0.3 is 10.2 Å². The zero-order valence-electron chi connectivity index (χ0n) is 18.8. The zero-order valence-corrected chi connectivity index (χ0v) is 19.6. The number of carboxylic acids is 1. The lowest BCUT2D eigenvalue weighted by atomic mass is 10.0. The van der Waals surface area contributed by atoms with Crippen molar-refractivity contribution in [3.05, 3.63) is 91.9 Å². The van der Waals surface area contributed by atoms with E-state index >= 15 is 0 Å². The Hall–Kier alpha value is -4.18. The number of carbonyl (C=O) groups is 1. The van der Waals surface area contributed by atoms with Crippen LogP contribution in [0.15, 0.2) is 69.3 Å². The Morgan fingerprint density at radius 2 is 1.86 bits per heavy atom. The molecule has 4 aromatic rings. The fourth-order valence-corrected chi connectivity index (χ4v) is 3.76.